The van der Waals surface area contributed by atoms with Crippen LogP contribution in [-0.4, -0.2) is 15.0 Å². The molecule has 0 fully saturated rings. The lowest BCUT2D eigenvalue weighted by Gasteiger charge is -2.01. The summed E-state index contributed by atoms with van der Waals surface area (Å²) in [6, 6.07) is 7.62. The highest BCUT2D eigenvalue weighted by atomic mass is 35.5. The topological polar surface area (TPSA) is 65.4 Å². The van der Waals surface area contributed by atoms with Crippen LogP contribution in [-0.2, 0) is 6.54 Å². The zero-order valence-corrected chi connectivity index (χ0v) is 12.6. The van der Waals surface area contributed by atoms with E-state index in [-0.39, 0.29) is 11.5 Å². The van der Waals surface area contributed by atoms with Crippen molar-refractivity contribution in [2.24, 2.45) is 0 Å². The van der Waals surface area contributed by atoms with Crippen molar-refractivity contribution in [3.8, 4) is 0 Å². The minimum absolute atomic E-state index is 0.156. The molecule has 2 aromatic heterocycles. The van der Waals surface area contributed by atoms with Crippen molar-refractivity contribution in [2.45, 2.75) is 26.3 Å². The number of rotatable bonds is 3. The smallest absolute Gasteiger partial charge is 0.318 e. The van der Waals surface area contributed by atoms with E-state index in [1.807, 2.05) is 42.7 Å². The third-order valence-corrected chi connectivity index (χ3v) is 3.62. The van der Waals surface area contributed by atoms with Crippen molar-refractivity contribution in [2.75, 3.05) is 0 Å². The molecule has 2 N–H and O–H groups in total. The summed E-state index contributed by atoms with van der Waals surface area (Å²) in [5, 5.41) is 0.706. The van der Waals surface area contributed by atoms with Crippen molar-refractivity contribution >= 4 is 22.8 Å². The molecule has 3 rings (SSSR count). The van der Waals surface area contributed by atoms with E-state index >= 15 is 0 Å². The largest absolute Gasteiger partial charge is 0.334 e. The minimum atomic E-state index is -0.156. The van der Waals surface area contributed by atoms with Crippen LogP contribution >= 0.6 is 11.6 Å². The SMILES string of the molecule is CC(C)c1nc2c([nH]1)c(=O)[nH]c[n+]2Cc1ccc(Cl)cc1. The van der Waals surface area contributed by atoms with E-state index in [0.717, 1.165) is 11.4 Å². The van der Waals surface area contributed by atoms with Crippen molar-refractivity contribution in [1.29, 1.82) is 0 Å². The van der Waals surface area contributed by atoms with Gasteiger partial charge in [0, 0.05) is 10.9 Å². The third kappa shape index (κ3) is 2.69. The normalized spacial score (nSPS) is 11.4. The van der Waals surface area contributed by atoms with Crippen molar-refractivity contribution in [1.82, 2.24) is 15.0 Å². The summed E-state index contributed by atoms with van der Waals surface area (Å²) in [6.07, 6.45) is 1.66. The van der Waals surface area contributed by atoms with Gasteiger partial charge in [-0.3, -0.25) is 0 Å². The second kappa shape index (κ2) is 5.33. The lowest BCUT2D eigenvalue weighted by molar-refractivity contribution is -0.667. The Kier molecular flexibility index (Phi) is 3.51. The molecule has 1 aromatic carbocycles. The third-order valence-electron chi connectivity index (χ3n) is 3.37. The fourth-order valence-electron chi connectivity index (χ4n) is 2.20. The van der Waals surface area contributed by atoms with Gasteiger partial charge in [-0.25, -0.2) is 14.3 Å². The Morgan fingerprint density at radius 2 is 2.00 bits per heavy atom. The molecule has 0 bridgehead atoms. The number of hydrogen-bond acceptors (Lipinski definition) is 2. The Morgan fingerprint density at radius 3 is 2.67 bits per heavy atom. The van der Waals surface area contributed by atoms with Gasteiger partial charge in [-0.2, -0.15) is 0 Å². The molecule has 0 amide bonds. The quantitative estimate of drug-likeness (QED) is 0.730. The molecule has 0 unspecified atom stereocenters. The number of nitrogens with one attached hydrogen (secondary N) is 2. The van der Waals surface area contributed by atoms with Gasteiger partial charge in [0.25, 0.3) is 5.65 Å². The van der Waals surface area contributed by atoms with Gasteiger partial charge in [-0.15, -0.1) is 0 Å². The zero-order valence-electron chi connectivity index (χ0n) is 11.9. The standard InChI is InChI=1S/C15H15ClN4O/c1-9(2)13-18-12-14(19-13)20(8-17-15(12)21)7-10-3-5-11(16)6-4-10/h3-6,8-9H,7H2,1-2H3,(H,18,19,21)/p+1. The number of hydrogen-bond donors (Lipinski definition) is 2. The summed E-state index contributed by atoms with van der Waals surface area (Å²) in [7, 11) is 0. The Morgan fingerprint density at radius 1 is 1.29 bits per heavy atom. The van der Waals surface area contributed by atoms with E-state index in [4.69, 9.17) is 11.6 Å². The molecule has 0 spiro atoms. The molecular weight excluding hydrogens is 288 g/mol. The first-order chi connectivity index (χ1) is 10.0. The number of H-pyrrole nitrogens is 2. The molecule has 2 heterocycles. The highest BCUT2D eigenvalue weighted by Gasteiger charge is 2.18. The lowest BCUT2D eigenvalue weighted by Crippen LogP contribution is -2.38. The Hall–Kier alpha value is -2.14. The van der Waals surface area contributed by atoms with Gasteiger partial charge in [0.05, 0.1) is 6.54 Å². The molecule has 5 nitrogen and oxygen atoms in total. The minimum Gasteiger partial charge on any atom is -0.318 e. The maximum absolute atomic E-state index is 11.9. The number of aromatic amines is 2. The average Bonchev–Trinajstić information content (AvgIpc) is 2.91. The Balaban J connectivity index is 2.08. The first kappa shape index (κ1) is 13.8. The molecular formula is C15H16ClN4O+. The van der Waals surface area contributed by atoms with Gasteiger partial charge in [0.2, 0.25) is 5.52 Å². The van der Waals surface area contributed by atoms with E-state index in [9.17, 15) is 4.79 Å². The van der Waals surface area contributed by atoms with Crippen LogP contribution in [0.3, 0.4) is 0 Å². The number of imidazole rings is 1. The molecule has 21 heavy (non-hydrogen) atoms. The van der Waals surface area contributed by atoms with Crippen LogP contribution in [0.25, 0.3) is 11.2 Å². The fraction of sp³-hybridized carbons (Fsp3) is 0.267. The summed E-state index contributed by atoms with van der Waals surface area (Å²) >= 11 is 5.90. The van der Waals surface area contributed by atoms with Crippen LogP contribution < -0.4 is 10.1 Å². The van der Waals surface area contributed by atoms with Gasteiger partial charge >= 0.3 is 5.56 Å². The van der Waals surface area contributed by atoms with Crippen LogP contribution in [0, 0.1) is 0 Å². The van der Waals surface area contributed by atoms with Crippen LogP contribution in [0.2, 0.25) is 5.02 Å². The number of fused-ring (bicyclic) bond motifs is 1. The van der Waals surface area contributed by atoms with Crippen LogP contribution in [0.5, 0.6) is 0 Å². The summed E-state index contributed by atoms with van der Waals surface area (Å²) in [5.74, 6) is 1.05. The molecule has 0 aliphatic carbocycles. The van der Waals surface area contributed by atoms with E-state index < -0.39 is 0 Å². The number of nitrogens with zero attached hydrogens (tertiary/aromatic N) is 2. The lowest BCUT2D eigenvalue weighted by atomic mass is 10.2. The van der Waals surface area contributed by atoms with Gasteiger partial charge in [0.1, 0.15) is 0 Å². The highest BCUT2D eigenvalue weighted by Crippen LogP contribution is 2.13. The van der Waals surface area contributed by atoms with Crippen molar-refractivity contribution < 1.29 is 4.57 Å². The van der Waals surface area contributed by atoms with Gasteiger partial charge in [-0.05, 0) is 17.7 Å². The fourth-order valence-corrected chi connectivity index (χ4v) is 2.32. The van der Waals surface area contributed by atoms with Gasteiger partial charge in [0.15, 0.2) is 12.2 Å². The number of benzene rings is 1. The molecule has 0 aliphatic rings. The molecule has 6 heteroatoms. The maximum Gasteiger partial charge on any atom is 0.334 e. The average molecular weight is 304 g/mol. The van der Waals surface area contributed by atoms with Crippen molar-refractivity contribution in [3.63, 3.8) is 0 Å². The Labute approximate surface area is 126 Å². The van der Waals surface area contributed by atoms with E-state index in [1.165, 1.54) is 0 Å². The number of aromatic nitrogens is 4. The monoisotopic (exact) mass is 303 g/mol. The second-order valence-electron chi connectivity index (χ2n) is 5.33. The van der Waals surface area contributed by atoms with Gasteiger partial charge < -0.3 is 4.98 Å². The first-order valence-electron chi connectivity index (χ1n) is 6.80. The second-order valence-corrected chi connectivity index (χ2v) is 5.77. The summed E-state index contributed by atoms with van der Waals surface area (Å²) in [4.78, 5) is 22.3. The Bertz CT molecular complexity index is 833. The molecule has 0 saturated heterocycles. The summed E-state index contributed by atoms with van der Waals surface area (Å²) < 4.78 is 1.92. The molecule has 0 radical (unpaired) electrons. The first-order valence-corrected chi connectivity index (χ1v) is 7.17. The zero-order chi connectivity index (χ0) is 15.0. The van der Waals surface area contributed by atoms with Crippen LogP contribution in [0.1, 0.15) is 31.2 Å². The van der Waals surface area contributed by atoms with E-state index in [2.05, 4.69) is 15.0 Å². The van der Waals surface area contributed by atoms with Crippen molar-refractivity contribution in [3.05, 3.63) is 57.4 Å². The molecule has 108 valence electrons. The molecule has 0 atom stereocenters. The van der Waals surface area contributed by atoms with E-state index in [0.29, 0.717) is 22.7 Å². The van der Waals surface area contributed by atoms with E-state index in [1.54, 1.807) is 6.33 Å². The highest BCUT2D eigenvalue weighted by molar-refractivity contribution is 6.30. The molecule has 3 aromatic rings. The predicted octanol–water partition coefficient (Wildman–Crippen LogP) is 2.36. The van der Waals surface area contributed by atoms with Gasteiger partial charge in [-0.1, -0.05) is 42.6 Å². The summed E-state index contributed by atoms with van der Waals surface area (Å²) in [5.41, 5.74) is 2.11. The molecule has 0 aliphatic heterocycles. The van der Waals surface area contributed by atoms with Crippen LogP contribution in [0.15, 0.2) is 35.4 Å². The summed E-state index contributed by atoms with van der Waals surface area (Å²) in [6.45, 7) is 4.69. The maximum atomic E-state index is 11.9. The number of halogens is 1. The van der Waals surface area contributed by atoms with Crippen LogP contribution in [0.4, 0.5) is 0 Å². The predicted molar refractivity (Wildman–Crippen MR) is 81.6 cm³/mol. The molecule has 0 saturated carbocycles.